The van der Waals surface area contributed by atoms with Gasteiger partial charge in [-0.1, -0.05) is 17.8 Å². The van der Waals surface area contributed by atoms with Crippen molar-refractivity contribution in [2.45, 2.75) is 54.3 Å². The van der Waals surface area contributed by atoms with Crippen LogP contribution in [0.5, 0.6) is 0 Å². The zero-order valence-electron chi connectivity index (χ0n) is 18.7. The summed E-state index contributed by atoms with van der Waals surface area (Å²) in [5.74, 6) is 0.137. The number of nitrogens with two attached hydrogens (primary N) is 3. The van der Waals surface area contributed by atoms with Crippen LogP contribution in [0.2, 0.25) is 0 Å². The molecule has 0 radical (unpaired) electrons. The van der Waals surface area contributed by atoms with Crippen LogP contribution in [0.15, 0.2) is 35.4 Å². The van der Waals surface area contributed by atoms with E-state index in [4.69, 9.17) is 26.7 Å². The second-order valence-electron chi connectivity index (χ2n) is 8.21. The lowest BCUT2D eigenvalue weighted by Crippen LogP contribution is -2.62. The predicted octanol–water partition coefficient (Wildman–Crippen LogP) is 1.43. The lowest BCUT2D eigenvalue weighted by molar-refractivity contribution is -0.139. The van der Waals surface area contributed by atoms with Crippen molar-refractivity contribution in [1.29, 1.82) is 0 Å². The Morgan fingerprint density at radius 3 is 2.56 bits per heavy atom. The number of thioether (sulfide) groups is 1. The van der Waals surface area contributed by atoms with Crippen LogP contribution in [0.4, 0.5) is 13.2 Å². The molecule has 1 aliphatic rings. The number of benzene rings is 1. The topological polar surface area (TPSA) is 142 Å². The number of ether oxygens (including phenoxy) is 2. The zero-order valence-corrected chi connectivity index (χ0v) is 19.5. The van der Waals surface area contributed by atoms with Gasteiger partial charge in [-0.3, -0.25) is 4.98 Å². The average molecular weight is 504 g/mol. The molecule has 34 heavy (non-hydrogen) atoms. The Morgan fingerprint density at radius 2 is 1.85 bits per heavy atom. The maximum absolute atomic E-state index is 13.0. The minimum absolute atomic E-state index is 0.137. The lowest BCUT2D eigenvalue weighted by Gasteiger charge is -2.41. The summed E-state index contributed by atoms with van der Waals surface area (Å²) in [4.78, 5) is 4.77. The van der Waals surface area contributed by atoms with Crippen molar-refractivity contribution >= 4 is 22.7 Å². The van der Waals surface area contributed by atoms with Crippen molar-refractivity contribution in [3.05, 3.63) is 36.0 Å². The fourth-order valence-electron chi connectivity index (χ4n) is 3.94. The fourth-order valence-corrected chi connectivity index (χ4v) is 4.78. The molecule has 0 aliphatic heterocycles. The molecule has 190 valence electrons. The van der Waals surface area contributed by atoms with E-state index < -0.39 is 42.1 Å². The maximum Gasteiger partial charge on any atom is 0.416 e. The maximum atomic E-state index is 13.0. The largest absolute Gasteiger partial charge is 0.416 e. The number of aromatic nitrogens is 1. The van der Waals surface area contributed by atoms with Gasteiger partial charge in [0.1, 0.15) is 18.3 Å². The molecule has 1 aliphatic carbocycles. The summed E-state index contributed by atoms with van der Waals surface area (Å²) in [6.07, 6.45) is -4.00. The van der Waals surface area contributed by atoms with Crippen LogP contribution in [0, 0.1) is 0 Å². The number of pyridine rings is 1. The van der Waals surface area contributed by atoms with Crippen LogP contribution < -0.4 is 22.5 Å². The summed E-state index contributed by atoms with van der Waals surface area (Å²) >= 11 is 1.29. The molecule has 1 fully saturated rings. The molecule has 8 nitrogen and oxygen atoms in total. The van der Waals surface area contributed by atoms with Gasteiger partial charge in [0.25, 0.3) is 0 Å². The SMILES string of the molecule is NCCCNCCO[C@@H]1[C@@H](O)[C@H](OCSc2ccnc3cc(C(F)(F)F)ccc23)[C@@H](N)C[C@H]1N. The van der Waals surface area contributed by atoms with Gasteiger partial charge in [0.15, 0.2) is 0 Å². The number of nitrogens with one attached hydrogen (secondary N) is 1. The van der Waals surface area contributed by atoms with E-state index in [1.54, 1.807) is 6.07 Å². The normalized spacial score (nSPS) is 25.7. The van der Waals surface area contributed by atoms with Gasteiger partial charge in [-0.25, -0.2) is 0 Å². The van der Waals surface area contributed by atoms with Gasteiger partial charge in [-0.2, -0.15) is 13.2 Å². The van der Waals surface area contributed by atoms with Gasteiger partial charge >= 0.3 is 6.18 Å². The van der Waals surface area contributed by atoms with E-state index in [1.807, 2.05) is 0 Å². The van der Waals surface area contributed by atoms with Gasteiger partial charge in [0, 0.05) is 35.1 Å². The van der Waals surface area contributed by atoms with E-state index in [9.17, 15) is 18.3 Å². The van der Waals surface area contributed by atoms with Gasteiger partial charge in [0.2, 0.25) is 0 Å². The standard InChI is InChI=1S/C22H32F3N5O3S/c23-22(24,25)13-2-3-14-17(10-13)30-7-4-18(14)34-12-33-21-16(28)11-15(27)20(19(21)31)32-9-8-29-6-1-5-26/h2-4,7,10,15-16,19-21,29,31H,1,5-6,8-9,11-12,26-28H2/t15-,16+,19-,20+,21-/m1/s1. The highest BCUT2D eigenvalue weighted by Gasteiger charge is 2.42. The Hall–Kier alpha value is -1.51. The number of hydrogen-bond acceptors (Lipinski definition) is 9. The minimum Gasteiger partial charge on any atom is -0.388 e. The summed E-state index contributed by atoms with van der Waals surface area (Å²) in [5, 5.41) is 14.6. The van der Waals surface area contributed by atoms with Crippen molar-refractivity contribution in [3.8, 4) is 0 Å². The molecule has 3 rings (SSSR count). The van der Waals surface area contributed by atoms with Crippen molar-refractivity contribution in [3.63, 3.8) is 0 Å². The minimum atomic E-state index is -4.44. The molecule has 2 aromatic rings. The second kappa shape index (κ2) is 12.5. The van der Waals surface area contributed by atoms with E-state index >= 15 is 0 Å². The highest BCUT2D eigenvalue weighted by molar-refractivity contribution is 7.99. The zero-order chi connectivity index (χ0) is 24.7. The summed E-state index contributed by atoms with van der Waals surface area (Å²) in [6, 6.07) is 4.27. The number of aliphatic hydroxyl groups is 1. The van der Waals surface area contributed by atoms with E-state index in [-0.39, 0.29) is 11.5 Å². The number of aliphatic hydroxyl groups excluding tert-OH is 1. The first-order chi connectivity index (χ1) is 16.2. The first kappa shape index (κ1) is 27.1. The Labute approximate surface area is 200 Å². The fraction of sp³-hybridized carbons (Fsp3) is 0.591. The molecular weight excluding hydrogens is 471 g/mol. The number of rotatable bonds is 11. The Kier molecular flexibility index (Phi) is 9.92. The molecule has 0 amide bonds. The van der Waals surface area contributed by atoms with Crippen LogP contribution in [0.3, 0.4) is 0 Å². The van der Waals surface area contributed by atoms with Crippen LogP contribution in [0.25, 0.3) is 10.9 Å². The van der Waals surface area contributed by atoms with Crippen LogP contribution in [-0.4, -0.2) is 72.7 Å². The predicted molar refractivity (Wildman–Crippen MR) is 125 cm³/mol. The summed E-state index contributed by atoms with van der Waals surface area (Å²) < 4.78 is 50.7. The Morgan fingerprint density at radius 1 is 1.12 bits per heavy atom. The third-order valence-electron chi connectivity index (χ3n) is 5.71. The summed E-state index contributed by atoms with van der Waals surface area (Å²) in [5.41, 5.74) is 17.3. The van der Waals surface area contributed by atoms with Crippen molar-refractivity contribution in [2.24, 2.45) is 17.2 Å². The first-order valence-corrected chi connectivity index (χ1v) is 12.1. The molecule has 0 saturated heterocycles. The molecule has 1 aromatic heterocycles. The molecule has 12 heteroatoms. The highest BCUT2D eigenvalue weighted by Crippen LogP contribution is 2.34. The summed E-state index contributed by atoms with van der Waals surface area (Å²) in [7, 11) is 0. The van der Waals surface area contributed by atoms with Gasteiger partial charge < -0.3 is 37.1 Å². The summed E-state index contributed by atoms with van der Waals surface area (Å²) in [6.45, 7) is 2.38. The lowest BCUT2D eigenvalue weighted by atomic mass is 9.84. The van der Waals surface area contributed by atoms with E-state index in [2.05, 4.69) is 10.3 Å². The third-order valence-corrected chi connectivity index (χ3v) is 6.63. The number of fused-ring (bicyclic) bond motifs is 1. The van der Waals surface area contributed by atoms with E-state index in [0.717, 1.165) is 25.1 Å². The first-order valence-electron chi connectivity index (χ1n) is 11.1. The number of nitrogens with zero attached hydrogens (tertiary/aromatic N) is 1. The molecule has 8 N–H and O–H groups in total. The Bertz CT molecular complexity index is 923. The van der Waals surface area contributed by atoms with Crippen molar-refractivity contribution in [1.82, 2.24) is 10.3 Å². The molecule has 0 bridgehead atoms. The average Bonchev–Trinajstić information content (AvgIpc) is 2.79. The van der Waals surface area contributed by atoms with Gasteiger partial charge in [-0.05, 0) is 44.1 Å². The van der Waals surface area contributed by atoms with E-state index in [1.165, 1.54) is 24.0 Å². The van der Waals surface area contributed by atoms with Crippen molar-refractivity contribution in [2.75, 3.05) is 32.2 Å². The number of halogens is 3. The smallest absolute Gasteiger partial charge is 0.388 e. The second-order valence-corrected chi connectivity index (χ2v) is 9.18. The van der Waals surface area contributed by atoms with Crippen molar-refractivity contribution < 1.29 is 27.8 Å². The molecular formula is C22H32F3N5O3S. The number of hydrogen-bond donors (Lipinski definition) is 5. The molecule has 1 saturated carbocycles. The quantitative estimate of drug-likeness (QED) is 0.175. The molecule has 1 heterocycles. The molecule has 0 unspecified atom stereocenters. The van der Waals surface area contributed by atoms with E-state index in [0.29, 0.717) is 36.4 Å². The third kappa shape index (κ3) is 7.01. The molecule has 5 atom stereocenters. The molecule has 0 spiro atoms. The van der Waals surface area contributed by atoms with Crippen LogP contribution in [0.1, 0.15) is 18.4 Å². The van der Waals surface area contributed by atoms with Crippen LogP contribution >= 0.6 is 11.8 Å². The molecule has 1 aromatic carbocycles. The van der Waals surface area contributed by atoms with Gasteiger partial charge in [-0.15, -0.1) is 0 Å². The monoisotopic (exact) mass is 503 g/mol. The van der Waals surface area contributed by atoms with Gasteiger partial charge in [0.05, 0.1) is 23.6 Å². The highest BCUT2D eigenvalue weighted by atomic mass is 32.2. The number of alkyl halides is 3. The Balaban J connectivity index is 1.57. The van der Waals surface area contributed by atoms with Crippen LogP contribution in [-0.2, 0) is 15.7 Å².